The first-order chi connectivity index (χ1) is 11.4. The second-order valence-corrected chi connectivity index (χ2v) is 5.36. The number of aromatic nitrogens is 2. The summed E-state index contributed by atoms with van der Waals surface area (Å²) in [5.41, 5.74) is 3.39. The van der Waals surface area contributed by atoms with Crippen molar-refractivity contribution in [3.8, 4) is 11.1 Å². The monoisotopic (exact) mass is 301 g/mol. The first-order valence-corrected chi connectivity index (χ1v) is 7.50. The van der Waals surface area contributed by atoms with Gasteiger partial charge in [0.2, 0.25) is 0 Å². The van der Waals surface area contributed by atoms with Gasteiger partial charge < -0.3 is 0 Å². The lowest BCUT2D eigenvalue weighted by Gasteiger charge is -2.13. The number of pyridine rings is 2. The highest BCUT2D eigenvalue weighted by Gasteiger charge is 2.23. The van der Waals surface area contributed by atoms with Gasteiger partial charge in [-0.2, -0.15) is 5.11 Å². The van der Waals surface area contributed by atoms with E-state index in [1.54, 1.807) is 12.4 Å². The van der Waals surface area contributed by atoms with E-state index in [-0.39, 0.29) is 6.04 Å². The fourth-order valence-electron chi connectivity index (χ4n) is 2.64. The number of anilines is 1. The Labute approximate surface area is 134 Å². The Balaban J connectivity index is 1.57. The van der Waals surface area contributed by atoms with Gasteiger partial charge in [0.25, 0.3) is 0 Å². The highest BCUT2D eigenvalue weighted by Crippen LogP contribution is 2.30. The quantitative estimate of drug-likeness (QED) is 0.732. The summed E-state index contributed by atoms with van der Waals surface area (Å²) in [6.07, 6.45) is 5.42. The summed E-state index contributed by atoms with van der Waals surface area (Å²) in [5.74, 6) is 0.821. The van der Waals surface area contributed by atoms with E-state index < -0.39 is 0 Å². The van der Waals surface area contributed by atoms with Gasteiger partial charge in [-0.15, -0.1) is 0 Å². The molecule has 1 aromatic carbocycles. The number of hydrogen-bond donors (Lipinski definition) is 0. The first-order valence-electron chi connectivity index (χ1n) is 7.50. The van der Waals surface area contributed by atoms with Crippen LogP contribution in [0.1, 0.15) is 11.6 Å². The molecule has 3 aromatic rings. The van der Waals surface area contributed by atoms with E-state index in [2.05, 4.69) is 50.6 Å². The Morgan fingerprint density at radius 3 is 2.70 bits per heavy atom. The normalized spacial score (nSPS) is 16.7. The standard InChI is InChI=1S/C18H15N5/c1-2-10-20-18(8-1)23-13-17(21-22-23)15-6-3-5-14(11-15)16-7-4-9-19-12-16/h1-12,17H,13H2. The predicted octanol–water partition coefficient (Wildman–Crippen LogP) is 4.07. The van der Waals surface area contributed by atoms with Crippen molar-refractivity contribution in [2.24, 2.45) is 10.3 Å². The van der Waals surface area contributed by atoms with Crippen LogP contribution in [0.3, 0.4) is 0 Å². The van der Waals surface area contributed by atoms with Crippen molar-refractivity contribution in [3.05, 3.63) is 78.8 Å². The Morgan fingerprint density at radius 2 is 1.87 bits per heavy atom. The topological polar surface area (TPSA) is 53.7 Å². The molecule has 0 spiro atoms. The lowest BCUT2D eigenvalue weighted by molar-refractivity contribution is 0.776. The van der Waals surface area contributed by atoms with E-state index in [1.165, 1.54) is 0 Å². The van der Waals surface area contributed by atoms with E-state index in [1.807, 2.05) is 35.5 Å². The minimum Gasteiger partial charge on any atom is -0.264 e. The van der Waals surface area contributed by atoms with Crippen LogP contribution in [0.5, 0.6) is 0 Å². The summed E-state index contributed by atoms with van der Waals surface area (Å²) in [6, 6.07) is 18.2. The average Bonchev–Trinajstić information content (AvgIpc) is 3.14. The Kier molecular flexibility index (Phi) is 3.52. The molecule has 4 rings (SSSR count). The molecule has 1 atom stereocenters. The van der Waals surface area contributed by atoms with Gasteiger partial charge in [-0.25, -0.2) is 9.99 Å². The molecule has 0 bridgehead atoms. The summed E-state index contributed by atoms with van der Waals surface area (Å²) in [7, 11) is 0. The Morgan fingerprint density at radius 1 is 0.913 bits per heavy atom. The Hall–Kier alpha value is -3.08. The molecule has 0 saturated carbocycles. The maximum atomic E-state index is 4.39. The molecule has 0 amide bonds. The molecule has 0 fully saturated rings. The van der Waals surface area contributed by atoms with Crippen molar-refractivity contribution in [3.63, 3.8) is 0 Å². The third-order valence-electron chi connectivity index (χ3n) is 3.82. The lowest BCUT2D eigenvalue weighted by atomic mass is 10.0. The van der Waals surface area contributed by atoms with Crippen LogP contribution in [0.25, 0.3) is 11.1 Å². The van der Waals surface area contributed by atoms with Crippen molar-refractivity contribution >= 4 is 5.82 Å². The highest BCUT2D eigenvalue weighted by atomic mass is 15.6. The van der Waals surface area contributed by atoms with Crippen LogP contribution < -0.4 is 5.01 Å². The van der Waals surface area contributed by atoms with Crippen LogP contribution in [-0.2, 0) is 0 Å². The molecule has 0 radical (unpaired) electrons. The zero-order valence-electron chi connectivity index (χ0n) is 12.4. The van der Waals surface area contributed by atoms with E-state index in [9.17, 15) is 0 Å². The summed E-state index contributed by atoms with van der Waals surface area (Å²) in [6.45, 7) is 0.702. The number of rotatable bonds is 3. The van der Waals surface area contributed by atoms with Crippen LogP contribution >= 0.6 is 0 Å². The fourth-order valence-corrected chi connectivity index (χ4v) is 2.64. The van der Waals surface area contributed by atoms with E-state index >= 15 is 0 Å². The molecule has 0 N–H and O–H groups in total. The van der Waals surface area contributed by atoms with E-state index in [0.29, 0.717) is 6.54 Å². The number of nitrogens with zero attached hydrogens (tertiary/aromatic N) is 5. The van der Waals surface area contributed by atoms with Gasteiger partial charge in [-0.3, -0.25) is 4.98 Å². The molecule has 3 heterocycles. The van der Waals surface area contributed by atoms with Crippen LogP contribution in [0.4, 0.5) is 5.82 Å². The van der Waals surface area contributed by atoms with Crippen LogP contribution in [0.2, 0.25) is 0 Å². The average molecular weight is 301 g/mol. The van der Waals surface area contributed by atoms with E-state index in [4.69, 9.17) is 0 Å². The minimum atomic E-state index is 0.0219. The summed E-state index contributed by atoms with van der Waals surface area (Å²) >= 11 is 0. The summed E-state index contributed by atoms with van der Waals surface area (Å²) in [4.78, 5) is 8.50. The Bertz CT molecular complexity index is 817. The second kappa shape index (κ2) is 5.96. The predicted molar refractivity (Wildman–Crippen MR) is 88.9 cm³/mol. The molecule has 5 nitrogen and oxygen atoms in total. The molecule has 23 heavy (non-hydrogen) atoms. The van der Waals surface area contributed by atoms with Crippen molar-refractivity contribution in [2.75, 3.05) is 11.6 Å². The van der Waals surface area contributed by atoms with Crippen LogP contribution in [0, 0.1) is 0 Å². The molecule has 1 aliphatic heterocycles. The van der Waals surface area contributed by atoms with Crippen LogP contribution in [0.15, 0.2) is 83.5 Å². The summed E-state index contributed by atoms with van der Waals surface area (Å²) in [5, 5.41) is 10.5. The molecule has 5 heteroatoms. The zero-order valence-corrected chi connectivity index (χ0v) is 12.4. The molecule has 1 unspecified atom stereocenters. The molecule has 0 saturated heterocycles. The molecule has 112 valence electrons. The molecular weight excluding hydrogens is 286 g/mol. The number of benzene rings is 1. The first kappa shape index (κ1) is 13.6. The van der Waals surface area contributed by atoms with Crippen molar-refractivity contribution in [2.45, 2.75) is 6.04 Å². The maximum Gasteiger partial charge on any atom is 0.150 e. The van der Waals surface area contributed by atoms with Gasteiger partial charge in [-0.05, 0) is 41.0 Å². The fraction of sp³-hybridized carbons (Fsp3) is 0.111. The second-order valence-electron chi connectivity index (χ2n) is 5.36. The van der Waals surface area contributed by atoms with E-state index in [0.717, 1.165) is 22.5 Å². The van der Waals surface area contributed by atoms with Gasteiger partial charge in [0.05, 0.1) is 6.54 Å². The molecule has 1 aliphatic rings. The molecule has 2 aromatic heterocycles. The third kappa shape index (κ3) is 2.81. The van der Waals surface area contributed by atoms with Gasteiger partial charge in [-0.1, -0.05) is 35.6 Å². The molecule has 0 aliphatic carbocycles. The van der Waals surface area contributed by atoms with Gasteiger partial charge in [0, 0.05) is 18.6 Å². The molecular formula is C18H15N5. The number of hydrogen-bond acceptors (Lipinski definition) is 5. The van der Waals surface area contributed by atoms with Gasteiger partial charge >= 0.3 is 0 Å². The SMILES string of the molecule is c1ccc(N2CC(c3cccc(-c4cccnc4)c3)N=N2)nc1. The van der Waals surface area contributed by atoms with Gasteiger partial charge in [0.15, 0.2) is 0 Å². The minimum absolute atomic E-state index is 0.0219. The van der Waals surface area contributed by atoms with Crippen LogP contribution in [-0.4, -0.2) is 16.5 Å². The van der Waals surface area contributed by atoms with Gasteiger partial charge in [0.1, 0.15) is 11.9 Å². The lowest BCUT2D eigenvalue weighted by Crippen LogP contribution is -2.17. The summed E-state index contributed by atoms with van der Waals surface area (Å²) < 4.78 is 0. The largest absolute Gasteiger partial charge is 0.264 e. The smallest absolute Gasteiger partial charge is 0.150 e. The highest BCUT2D eigenvalue weighted by molar-refractivity contribution is 5.63. The third-order valence-corrected chi connectivity index (χ3v) is 3.82. The zero-order chi connectivity index (χ0) is 15.5. The van der Waals surface area contributed by atoms with Crippen molar-refractivity contribution in [1.29, 1.82) is 0 Å². The maximum absolute atomic E-state index is 4.39. The van der Waals surface area contributed by atoms with Crippen molar-refractivity contribution < 1.29 is 0 Å². The van der Waals surface area contributed by atoms with Crippen molar-refractivity contribution in [1.82, 2.24) is 9.97 Å².